The Morgan fingerprint density at radius 1 is 0.816 bits per heavy atom. The molecule has 0 saturated heterocycles. The van der Waals surface area contributed by atoms with Crippen LogP contribution in [0.3, 0.4) is 0 Å². The van der Waals surface area contributed by atoms with Crippen LogP contribution in [-0.2, 0) is 42.1 Å². The highest BCUT2D eigenvalue weighted by atomic mass is 31.2. The summed E-state index contributed by atoms with van der Waals surface area (Å²) in [6.07, 6.45) is -4.25. The van der Waals surface area contributed by atoms with E-state index < -0.39 is 56.4 Å². The van der Waals surface area contributed by atoms with Crippen molar-refractivity contribution < 1.29 is 51.7 Å². The molecule has 2 atom stereocenters. The van der Waals surface area contributed by atoms with Gasteiger partial charge in [0.25, 0.3) is 0 Å². The molecule has 0 heterocycles. The smallest absolute Gasteiger partial charge is 0.462 e. The van der Waals surface area contributed by atoms with Gasteiger partial charge in [-0.15, -0.1) is 4.76 Å². The minimum atomic E-state index is -4.68. The molecule has 0 amide bonds. The first-order valence-corrected chi connectivity index (χ1v) is 14.0. The van der Waals surface area contributed by atoms with Gasteiger partial charge in [-0.1, -0.05) is 41.5 Å². The van der Waals surface area contributed by atoms with Crippen LogP contribution >= 0.6 is 7.75 Å². The summed E-state index contributed by atoms with van der Waals surface area (Å²) in [5.41, 5.74) is 5.99. The van der Waals surface area contributed by atoms with Crippen LogP contribution in [0.15, 0.2) is 4.76 Å². The van der Waals surface area contributed by atoms with E-state index in [9.17, 15) is 18.9 Å². The third-order valence-electron chi connectivity index (χ3n) is 4.19. The van der Waals surface area contributed by atoms with Gasteiger partial charge in [0.1, 0.15) is 6.54 Å². The lowest BCUT2D eigenvalue weighted by Crippen LogP contribution is -2.39. The van der Waals surface area contributed by atoms with Crippen LogP contribution in [0, 0.1) is 11.8 Å². The van der Waals surface area contributed by atoms with Crippen molar-refractivity contribution in [3.8, 4) is 0 Å². The molecule has 0 aromatic rings. The Hall–Kier alpha value is -2.57. The predicted octanol–water partition coefficient (Wildman–Crippen LogP) is 4.42. The number of esters is 1. The molecule has 38 heavy (non-hydrogen) atoms. The van der Waals surface area contributed by atoms with Crippen molar-refractivity contribution in [1.82, 2.24) is 4.90 Å². The summed E-state index contributed by atoms with van der Waals surface area (Å²) in [6.45, 7) is 13.3. The van der Waals surface area contributed by atoms with Crippen LogP contribution in [-0.4, -0.2) is 74.6 Å². The Labute approximate surface area is 225 Å². The van der Waals surface area contributed by atoms with Gasteiger partial charge < -0.3 is 34.3 Å². The van der Waals surface area contributed by atoms with Crippen LogP contribution in [0.25, 0.3) is 0 Å². The normalized spacial score (nSPS) is 15.0. The number of guanidine groups is 1. The first-order chi connectivity index (χ1) is 17.6. The molecule has 0 rings (SSSR count). The van der Waals surface area contributed by atoms with Crippen LogP contribution in [0.5, 0.6) is 0 Å². The van der Waals surface area contributed by atoms with E-state index >= 15 is 0 Å². The standard InChI is InChI=1S/C23H44N3O11P/c1-10-12-31-22(28)34-19(15(3)4)36-38(30,25-21(24)26(9)14-18(27)33-17(7)8)37-20(16(5)6)35-23(29)32-13-11-2/h15-17,19-20H,10-14H2,1-9H3,(H2,24,25,30). The second-order valence-corrected chi connectivity index (χ2v) is 10.7. The van der Waals surface area contributed by atoms with E-state index in [4.69, 9.17) is 38.5 Å². The minimum absolute atomic E-state index is 0.101. The molecule has 222 valence electrons. The molecule has 0 aromatic carbocycles. The molecular formula is C23H44N3O11P. The average molecular weight is 570 g/mol. The third-order valence-corrected chi connectivity index (χ3v) is 5.58. The van der Waals surface area contributed by atoms with Crippen molar-refractivity contribution in [2.24, 2.45) is 22.3 Å². The molecule has 15 heteroatoms. The summed E-state index contributed by atoms with van der Waals surface area (Å²) in [4.78, 5) is 37.3. The molecular weight excluding hydrogens is 525 g/mol. The molecule has 0 aliphatic carbocycles. The zero-order valence-electron chi connectivity index (χ0n) is 23.8. The van der Waals surface area contributed by atoms with Gasteiger partial charge >= 0.3 is 26.0 Å². The van der Waals surface area contributed by atoms with Gasteiger partial charge in [-0.3, -0.25) is 4.79 Å². The molecule has 0 bridgehead atoms. The molecule has 14 nitrogen and oxygen atoms in total. The Morgan fingerprint density at radius 3 is 1.58 bits per heavy atom. The van der Waals surface area contributed by atoms with Gasteiger partial charge in [-0.2, -0.15) is 0 Å². The molecule has 2 N–H and O–H groups in total. The predicted molar refractivity (Wildman–Crippen MR) is 138 cm³/mol. The molecule has 2 unspecified atom stereocenters. The van der Waals surface area contributed by atoms with Gasteiger partial charge in [-0.05, 0) is 26.7 Å². The summed E-state index contributed by atoms with van der Waals surface area (Å²) in [6, 6.07) is 0. The van der Waals surface area contributed by atoms with Crippen LogP contribution in [0.4, 0.5) is 9.59 Å². The molecule has 0 aromatic heterocycles. The Kier molecular flexibility index (Phi) is 16.6. The van der Waals surface area contributed by atoms with Crippen molar-refractivity contribution >= 4 is 32.0 Å². The summed E-state index contributed by atoms with van der Waals surface area (Å²) >= 11 is 0. The van der Waals surface area contributed by atoms with E-state index in [0.717, 1.165) is 4.90 Å². The number of hydrogen-bond donors (Lipinski definition) is 1. The maximum absolute atomic E-state index is 13.9. The Balaban J connectivity index is 6.12. The fraction of sp³-hybridized carbons (Fsp3) is 0.826. The average Bonchev–Trinajstić information content (AvgIpc) is 2.79. The minimum Gasteiger partial charge on any atom is -0.462 e. The zero-order valence-corrected chi connectivity index (χ0v) is 24.7. The van der Waals surface area contributed by atoms with Gasteiger partial charge in [0.05, 0.1) is 19.3 Å². The number of carbonyl (C=O) groups excluding carboxylic acids is 3. The fourth-order valence-corrected chi connectivity index (χ4v) is 3.94. The number of rotatable bonds is 16. The second-order valence-electron chi connectivity index (χ2n) is 9.19. The first kappa shape index (κ1) is 35.4. The SMILES string of the molecule is CCCOC(=O)OC(OP(=O)(/N=C(\N)N(C)CC(=O)OC(C)C)OC(OC(=O)OCCC)C(C)C)C(C)C. The van der Waals surface area contributed by atoms with E-state index in [0.29, 0.717) is 12.8 Å². The number of carbonyl (C=O) groups is 3. The lowest BCUT2D eigenvalue weighted by molar-refractivity contribution is -0.147. The number of nitrogens with zero attached hydrogens (tertiary/aromatic N) is 2. The van der Waals surface area contributed by atoms with Crippen LogP contribution in [0.1, 0.15) is 68.2 Å². The quantitative estimate of drug-likeness (QED) is 0.0691. The van der Waals surface area contributed by atoms with Crippen molar-refractivity contribution in [3.63, 3.8) is 0 Å². The van der Waals surface area contributed by atoms with E-state index in [1.54, 1.807) is 55.4 Å². The topological polar surface area (TPSA) is 175 Å². The van der Waals surface area contributed by atoms with Gasteiger partial charge in [-0.25, -0.2) is 23.2 Å². The third kappa shape index (κ3) is 15.0. The van der Waals surface area contributed by atoms with Crippen molar-refractivity contribution in [3.05, 3.63) is 0 Å². The van der Waals surface area contributed by atoms with E-state index in [2.05, 4.69) is 4.76 Å². The highest BCUT2D eigenvalue weighted by Crippen LogP contribution is 2.54. The number of hydrogen-bond acceptors (Lipinski definition) is 11. The molecule has 0 aliphatic heterocycles. The lowest BCUT2D eigenvalue weighted by atomic mass is 10.2. The number of nitrogens with two attached hydrogens (primary N) is 1. The maximum atomic E-state index is 13.9. The van der Waals surface area contributed by atoms with Crippen molar-refractivity contribution in [2.45, 2.75) is 86.9 Å². The van der Waals surface area contributed by atoms with Gasteiger partial charge in [0.2, 0.25) is 18.5 Å². The summed E-state index contributed by atoms with van der Waals surface area (Å²) in [7, 11) is -3.28. The van der Waals surface area contributed by atoms with E-state index in [1.165, 1.54) is 7.05 Å². The molecule has 0 saturated carbocycles. The van der Waals surface area contributed by atoms with E-state index in [-0.39, 0.29) is 25.9 Å². The fourth-order valence-electron chi connectivity index (χ4n) is 2.30. The molecule has 0 fully saturated rings. The van der Waals surface area contributed by atoms with Gasteiger partial charge in [0.15, 0.2) is 0 Å². The highest BCUT2D eigenvalue weighted by Gasteiger charge is 2.39. The summed E-state index contributed by atoms with van der Waals surface area (Å²) in [5, 5.41) is 0. The van der Waals surface area contributed by atoms with Crippen molar-refractivity contribution in [2.75, 3.05) is 26.8 Å². The largest absolute Gasteiger partial charge is 0.510 e. The molecule has 0 radical (unpaired) electrons. The molecule has 0 spiro atoms. The monoisotopic (exact) mass is 569 g/mol. The zero-order chi connectivity index (χ0) is 29.5. The first-order valence-electron chi connectivity index (χ1n) is 12.5. The summed E-state index contributed by atoms with van der Waals surface area (Å²) in [5.74, 6) is -2.10. The van der Waals surface area contributed by atoms with Crippen molar-refractivity contribution in [1.29, 1.82) is 0 Å². The number of ether oxygens (including phenoxy) is 5. The Morgan fingerprint density at radius 2 is 1.24 bits per heavy atom. The maximum Gasteiger partial charge on any atom is 0.510 e. The second kappa shape index (κ2) is 17.8. The highest BCUT2D eigenvalue weighted by molar-refractivity contribution is 7.52. The molecule has 0 aliphatic rings. The van der Waals surface area contributed by atoms with Crippen LogP contribution < -0.4 is 5.73 Å². The van der Waals surface area contributed by atoms with E-state index in [1.807, 2.05) is 0 Å². The van der Waals surface area contributed by atoms with Gasteiger partial charge in [0, 0.05) is 18.9 Å². The summed E-state index contributed by atoms with van der Waals surface area (Å²) < 4.78 is 54.1. The lowest BCUT2D eigenvalue weighted by Gasteiger charge is -2.28. The Bertz CT molecular complexity index is 780. The number of likely N-dealkylation sites (N-methyl/N-ethyl adjacent to an activating group) is 1. The van der Waals surface area contributed by atoms with Crippen LogP contribution in [0.2, 0.25) is 0 Å².